The van der Waals surface area contributed by atoms with Crippen LogP contribution in [0.1, 0.15) is 16.8 Å². The van der Waals surface area contributed by atoms with Gasteiger partial charge in [-0.2, -0.15) is 0 Å². The summed E-state index contributed by atoms with van der Waals surface area (Å²) in [5, 5.41) is 0.469. The van der Waals surface area contributed by atoms with Crippen molar-refractivity contribution in [3.8, 4) is 0 Å². The Morgan fingerprint density at radius 3 is 2.71 bits per heavy atom. The van der Waals surface area contributed by atoms with Gasteiger partial charge in [0.05, 0.1) is 10.6 Å². The van der Waals surface area contributed by atoms with E-state index in [1.165, 1.54) is 0 Å². The van der Waals surface area contributed by atoms with Crippen LogP contribution in [0.2, 0.25) is 5.02 Å². The second kappa shape index (κ2) is 3.50. The summed E-state index contributed by atoms with van der Waals surface area (Å²) >= 11 is 5.91. The lowest BCUT2D eigenvalue weighted by atomic mass is 10.1. The van der Waals surface area contributed by atoms with Crippen LogP contribution in [0.3, 0.4) is 0 Å². The van der Waals surface area contributed by atoms with Gasteiger partial charge in [0.15, 0.2) is 0 Å². The van der Waals surface area contributed by atoms with Gasteiger partial charge in [0.25, 0.3) is 5.91 Å². The quantitative estimate of drug-likeness (QED) is 0.719. The first-order valence-electron chi connectivity index (χ1n) is 4.53. The van der Waals surface area contributed by atoms with Crippen molar-refractivity contribution in [2.24, 2.45) is 0 Å². The summed E-state index contributed by atoms with van der Waals surface area (Å²) < 4.78 is 0. The van der Waals surface area contributed by atoms with E-state index in [2.05, 4.69) is 0 Å². The maximum absolute atomic E-state index is 11.8. The fourth-order valence-electron chi connectivity index (χ4n) is 1.40. The largest absolute Gasteiger partial charge is 0.399 e. The third kappa shape index (κ3) is 1.55. The van der Waals surface area contributed by atoms with Crippen LogP contribution >= 0.6 is 11.6 Å². The van der Waals surface area contributed by atoms with Crippen molar-refractivity contribution in [3.05, 3.63) is 28.8 Å². The van der Waals surface area contributed by atoms with Gasteiger partial charge in [0.1, 0.15) is 0 Å². The van der Waals surface area contributed by atoms with Gasteiger partial charge in [-0.05, 0) is 24.6 Å². The molecule has 14 heavy (non-hydrogen) atoms. The number of halogens is 1. The number of benzene rings is 1. The number of nitrogens with zero attached hydrogens (tertiary/aromatic N) is 1. The maximum Gasteiger partial charge on any atom is 0.255 e. The topological polar surface area (TPSA) is 46.3 Å². The van der Waals surface area contributed by atoms with Gasteiger partial charge in [-0.1, -0.05) is 11.6 Å². The SMILES string of the molecule is Nc1ccc(Cl)c(C(=O)N2CCC2)c1. The molecule has 0 bridgehead atoms. The molecule has 1 aliphatic rings. The standard InChI is InChI=1S/C10H11ClN2O/c11-9-3-2-7(12)6-8(9)10(14)13-4-1-5-13/h2-3,6H,1,4-5,12H2. The molecule has 2 N–H and O–H groups in total. The molecule has 1 fully saturated rings. The van der Waals surface area contributed by atoms with Crippen LogP contribution in [0.25, 0.3) is 0 Å². The highest BCUT2D eigenvalue weighted by molar-refractivity contribution is 6.34. The fraction of sp³-hybridized carbons (Fsp3) is 0.300. The van der Waals surface area contributed by atoms with Crippen molar-refractivity contribution in [1.82, 2.24) is 4.90 Å². The Hall–Kier alpha value is -1.22. The van der Waals surface area contributed by atoms with Gasteiger partial charge in [-0.15, -0.1) is 0 Å². The number of carbonyl (C=O) groups excluding carboxylic acids is 1. The molecule has 0 spiro atoms. The molecule has 4 heteroatoms. The summed E-state index contributed by atoms with van der Waals surface area (Å²) in [6, 6.07) is 4.97. The van der Waals surface area contributed by atoms with Gasteiger partial charge < -0.3 is 10.6 Å². The zero-order valence-corrected chi connectivity index (χ0v) is 8.42. The highest BCUT2D eigenvalue weighted by Gasteiger charge is 2.23. The molecule has 0 atom stereocenters. The van der Waals surface area contributed by atoms with Crippen LogP contribution in [0, 0.1) is 0 Å². The Balaban J connectivity index is 2.29. The van der Waals surface area contributed by atoms with Crippen molar-refractivity contribution in [3.63, 3.8) is 0 Å². The molecule has 1 amide bonds. The van der Waals surface area contributed by atoms with Gasteiger partial charge >= 0.3 is 0 Å². The molecule has 1 aliphatic heterocycles. The fourth-order valence-corrected chi connectivity index (χ4v) is 1.59. The minimum Gasteiger partial charge on any atom is -0.399 e. The number of nitrogen functional groups attached to an aromatic ring is 1. The molecule has 3 nitrogen and oxygen atoms in total. The lowest BCUT2D eigenvalue weighted by Gasteiger charge is -2.31. The minimum atomic E-state index is -0.0199. The molecule has 0 radical (unpaired) electrons. The van der Waals surface area contributed by atoms with Crippen LogP contribution in [0.4, 0.5) is 5.69 Å². The molecule has 0 saturated carbocycles. The lowest BCUT2D eigenvalue weighted by Crippen LogP contribution is -2.42. The summed E-state index contributed by atoms with van der Waals surface area (Å²) in [4.78, 5) is 13.6. The van der Waals surface area contributed by atoms with E-state index in [4.69, 9.17) is 17.3 Å². The van der Waals surface area contributed by atoms with Gasteiger partial charge in [0.2, 0.25) is 0 Å². The molecular weight excluding hydrogens is 200 g/mol. The van der Waals surface area contributed by atoms with Crippen LogP contribution < -0.4 is 5.73 Å². The Labute approximate surface area is 87.4 Å². The third-order valence-electron chi connectivity index (χ3n) is 2.36. The minimum absolute atomic E-state index is 0.0199. The predicted molar refractivity (Wildman–Crippen MR) is 56.4 cm³/mol. The zero-order chi connectivity index (χ0) is 10.1. The Bertz CT molecular complexity index is 374. The maximum atomic E-state index is 11.8. The number of carbonyl (C=O) groups is 1. The van der Waals surface area contributed by atoms with Crippen LogP contribution in [0.15, 0.2) is 18.2 Å². The second-order valence-electron chi connectivity index (χ2n) is 3.39. The molecule has 0 aliphatic carbocycles. The molecule has 1 aromatic rings. The van der Waals surface area contributed by atoms with Gasteiger partial charge in [-0.3, -0.25) is 4.79 Å². The van der Waals surface area contributed by atoms with E-state index in [1.807, 2.05) is 0 Å². The summed E-state index contributed by atoms with van der Waals surface area (Å²) in [7, 11) is 0. The lowest BCUT2D eigenvalue weighted by molar-refractivity contribution is 0.0652. The van der Waals surface area contributed by atoms with Crippen LogP contribution in [-0.4, -0.2) is 23.9 Å². The average Bonchev–Trinajstić information content (AvgIpc) is 2.06. The zero-order valence-electron chi connectivity index (χ0n) is 7.66. The number of likely N-dealkylation sites (tertiary alicyclic amines) is 1. The highest BCUT2D eigenvalue weighted by Crippen LogP contribution is 2.22. The number of nitrogens with two attached hydrogens (primary N) is 1. The van der Waals surface area contributed by atoms with E-state index >= 15 is 0 Å². The van der Waals surface area contributed by atoms with Crippen LogP contribution in [0.5, 0.6) is 0 Å². The molecule has 0 aromatic heterocycles. The van der Waals surface area contributed by atoms with Gasteiger partial charge in [-0.25, -0.2) is 0 Å². The smallest absolute Gasteiger partial charge is 0.255 e. The summed E-state index contributed by atoms with van der Waals surface area (Å²) in [6.07, 6.45) is 1.08. The third-order valence-corrected chi connectivity index (χ3v) is 2.69. The Morgan fingerprint density at radius 1 is 1.43 bits per heavy atom. The summed E-state index contributed by atoms with van der Waals surface area (Å²) in [6.45, 7) is 1.65. The van der Waals surface area contributed by atoms with Crippen molar-refractivity contribution < 1.29 is 4.79 Å². The van der Waals surface area contributed by atoms with E-state index in [-0.39, 0.29) is 5.91 Å². The number of rotatable bonds is 1. The van der Waals surface area contributed by atoms with Crippen molar-refractivity contribution in [1.29, 1.82) is 0 Å². The average molecular weight is 211 g/mol. The molecule has 1 heterocycles. The highest BCUT2D eigenvalue weighted by atomic mass is 35.5. The van der Waals surface area contributed by atoms with Crippen molar-refractivity contribution >= 4 is 23.2 Å². The second-order valence-corrected chi connectivity index (χ2v) is 3.79. The molecule has 74 valence electrons. The van der Waals surface area contributed by atoms with E-state index in [0.29, 0.717) is 16.3 Å². The number of hydrogen-bond donors (Lipinski definition) is 1. The first kappa shape index (κ1) is 9.34. The van der Waals surface area contributed by atoms with E-state index in [9.17, 15) is 4.79 Å². The van der Waals surface area contributed by atoms with Crippen LogP contribution in [-0.2, 0) is 0 Å². The molecule has 0 unspecified atom stereocenters. The van der Waals surface area contributed by atoms with E-state index < -0.39 is 0 Å². The first-order chi connectivity index (χ1) is 6.68. The summed E-state index contributed by atoms with van der Waals surface area (Å²) in [5.41, 5.74) is 6.67. The number of hydrogen-bond acceptors (Lipinski definition) is 2. The Morgan fingerprint density at radius 2 is 2.14 bits per heavy atom. The molecule has 2 rings (SSSR count). The van der Waals surface area contributed by atoms with Crippen molar-refractivity contribution in [2.75, 3.05) is 18.8 Å². The summed E-state index contributed by atoms with van der Waals surface area (Å²) in [5.74, 6) is -0.0199. The Kier molecular flexibility index (Phi) is 2.33. The number of anilines is 1. The van der Waals surface area contributed by atoms with Crippen molar-refractivity contribution in [2.45, 2.75) is 6.42 Å². The normalized spacial score (nSPS) is 15.1. The monoisotopic (exact) mass is 210 g/mol. The van der Waals surface area contributed by atoms with Gasteiger partial charge in [0, 0.05) is 18.8 Å². The predicted octanol–water partition coefficient (Wildman–Crippen LogP) is 1.77. The van der Waals surface area contributed by atoms with E-state index in [1.54, 1.807) is 23.1 Å². The number of amides is 1. The molecular formula is C10H11ClN2O. The first-order valence-corrected chi connectivity index (χ1v) is 4.90. The van der Waals surface area contributed by atoms with E-state index in [0.717, 1.165) is 19.5 Å². The molecule has 1 aromatic carbocycles. The molecule has 1 saturated heterocycles.